The molecule has 1 aliphatic rings. The number of hydrogen-bond acceptors (Lipinski definition) is 4. The van der Waals surface area contributed by atoms with Crippen LogP contribution in [-0.4, -0.2) is 72.4 Å². The van der Waals surface area contributed by atoms with E-state index in [1.807, 2.05) is 16.8 Å². The first-order chi connectivity index (χ1) is 8.41. The number of aliphatic hydroxyl groups excluding tert-OH is 1. The molecule has 1 rings (SSSR count). The van der Waals surface area contributed by atoms with Gasteiger partial charge in [-0.3, -0.25) is 9.69 Å². The fourth-order valence-corrected chi connectivity index (χ4v) is 2.06. The monoisotopic (exact) mass is 258 g/mol. The molecule has 0 aromatic carbocycles. The van der Waals surface area contributed by atoms with Crippen molar-refractivity contribution in [1.82, 2.24) is 9.80 Å². The summed E-state index contributed by atoms with van der Waals surface area (Å²) in [5.41, 5.74) is 0. The second-order valence-corrected chi connectivity index (χ2v) is 5.41. The lowest BCUT2D eigenvalue weighted by atomic mass is 10.1. The van der Waals surface area contributed by atoms with Gasteiger partial charge in [-0.05, 0) is 34.2 Å². The number of likely N-dealkylation sites (N-methyl/N-ethyl adjacent to an activating group) is 1. The SMILES string of the molecule is CC(O)CC1COCCN1C(=O)CN(C)C(C)C. The van der Waals surface area contributed by atoms with Crippen LogP contribution < -0.4 is 0 Å². The summed E-state index contributed by atoms with van der Waals surface area (Å²) in [5, 5.41) is 9.47. The summed E-state index contributed by atoms with van der Waals surface area (Å²) in [4.78, 5) is 16.1. The Labute approximate surface area is 110 Å². The van der Waals surface area contributed by atoms with E-state index in [4.69, 9.17) is 4.74 Å². The number of aliphatic hydroxyl groups is 1. The average Bonchev–Trinajstić information content (AvgIpc) is 2.28. The number of carbonyl (C=O) groups is 1. The van der Waals surface area contributed by atoms with Crippen molar-refractivity contribution in [1.29, 1.82) is 0 Å². The molecular weight excluding hydrogens is 232 g/mol. The zero-order valence-electron chi connectivity index (χ0n) is 11.9. The molecule has 1 heterocycles. The number of rotatable bonds is 5. The maximum Gasteiger partial charge on any atom is 0.237 e. The molecule has 0 aromatic rings. The summed E-state index contributed by atoms with van der Waals surface area (Å²) in [5.74, 6) is 0.125. The smallest absolute Gasteiger partial charge is 0.237 e. The van der Waals surface area contributed by atoms with E-state index in [1.54, 1.807) is 6.92 Å². The summed E-state index contributed by atoms with van der Waals surface area (Å²) in [6.45, 7) is 8.06. The van der Waals surface area contributed by atoms with Crippen LogP contribution in [0.4, 0.5) is 0 Å². The number of amides is 1. The summed E-state index contributed by atoms with van der Waals surface area (Å²) >= 11 is 0. The molecule has 5 heteroatoms. The van der Waals surface area contributed by atoms with E-state index in [9.17, 15) is 9.90 Å². The highest BCUT2D eigenvalue weighted by Gasteiger charge is 2.28. The van der Waals surface area contributed by atoms with Gasteiger partial charge in [0, 0.05) is 12.6 Å². The molecule has 0 bridgehead atoms. The molecule has 0 saturated carbocycles. The van der Waals surface area contributed by atoms with Crippen molar-refractivity contribution in [2.75, 3.05) is 33.4 Å². The van der Waals surface area contributed by atoms with E-state index in [0.29, 0.717) is 38.8 Å². The first-order valence-electron chi connectivity index (χ1n) is 6.67. The first kappa shape index (κ1) is 15.4. The van der Waals surface area contributed by atoms with Crippen LogP contribution in [0.5, 0.6) is 0 Å². The molecule has 0 aliphatic carbocycles. The van der Waals surface area contributed by atoms with Crippen molar-refractivity contribution < 1.29 is 14.6 Å². The third-order valence-corrected chi connectivity index (χ3v) is 3.43. The van der Waals surface area contributed by atoms with Crippen LogP contribution in [0.1, 0.15) is 27.2 Å². The highest BCUT2D eigenvalue weighted by atomic mass is 16.5. The van der Waals surface area contributed by atoms with E-state index < -0.39 is 6.10 Å². The maximum atomic E-state index is 12.3. The van der Waals surface area contributed by atoms with Gasteiger partial charge in [0.25, 0.3) is 0 Å². The van der Waals surface area contributed by atoms with E-state index >= 15 is 0 Å². The minimum Gasteiger partial charge on any atom is -0.393 e. The number of hydrogen-bond donors (Lipinski definition) is 1. The van der Waals surface area contributed by atoms with Crippen molar-refractivity contribution in [3.05, 3.63) is 0 Å². The van der Waals surface area contributed by atoms with E-state index in [0.717, 1.165) is 0 Å². The molecule has 1 amide bonds. The predicted octanol–water partition coefficient (Wildman–Crippen LogP) is 0.325. The molecule has 1 N–H and O–H groups in total. The van der Waals surface area contributed by atoms with Crippen LogP contribution in [0.3, 0.4) is 0 Å². The first-order valence-corrected chi connectivity index (χ1v) is 6.67. The second kappa shape index (κ2) is 7.07. The topological polar surface area (TPSA) is 53.0 Å². The maximum absolute atomic E-state index is 12.3. The van der Waals surface area contributed by atoms with Crippen molar-refractivity contribution in [2.45, 2.75) is 45.4 Å². The molecule has 18 heavy (non-hydrogen) atoms. The lowest BCUT2D eigenvalue weighted by molar-refractivity contribution is -0.142. The molecule has 0 radical (unpaired) electrons. The van der Waals surface area contributed by atoms with Gasteiger partial charge in [-0.2, -0.15) is 0 Å². The minimum atomic E-state index is -0.408. The number of carbonyl (C=O) groups excluding carboxylic acids is 1. The van der Waals surface area contributed by atoms with Crippen molar-refractivity contribution >= 4 is 5.91 Å². The summed E-state index contributed by atoms with van der Waals surface area (Å²) in [6, 6.07) is 0.358. The van der Waals surface area contributed by atoms with Gasteiger partial charge in [-0.1, -0.05) is 0 Å². The largest absolute Gasteiger partial charge is 0.393 e. The van der Waals surface area contributed by atoms with Gasteiger partial charge >= 0.3 is 0 Å². The van der Waals surface area contributed by atoms with Gasteiger partial charge in [-0.15, -0.1) is 0 Å². The van der Waals surface area contributed by atoms with Gasteiger partial charge in [0.1, 0.15) is 0 Å². The Morgan fingerprint density at radius 2 is 2.17 bits per heavy atom. The van der Waals surface area contributed by atoms with Crippen LogP contribution in [0.25, 0.3) is 0 Å². The zero-order chi connectivity index (χ0) is 13.7. The molecule has 2 unspecified atom stereocenters. The highest BCUT2D eigenvalue weighted by molar-refractivity contribution is 5.78. The minimum absolute atomic E-state index is 0.00631. The third kappa shape index (κ3) is 4.55. The third-order valence-electron chi connectivity index (χ3n) is 3.43. The fourth-order valence-electron chi connectivity index (χ4n) is 2.06. The van der Waals surface area contributed by atoms with Crippen LogP contribution >= 0.6 is 0 Å². The van der Waals surface area contributed by atoms with Crippen molar-refractivity contribution in [2.24, 2.45) is 0 Å². The molecule has 5 nitrogen and oxygen atoms in total. The zero-order valence-corrected chi connectivity index (χ0v) is 11.9. The van der Waals surface area contributed by atoms with Crippen molar-refractivity contribution in [3.63, 3.8) is 0 Å². The van der Waals surface area contributed by atoms with Crippen LogP contribution in [0.2, 0.25) is 0 Å². The summed E-state index contributed by atoms with van der Waals surface area (Å²) in [6.07, 6.45) is 0.173. The van der Waals surface area contributed by atoms with Gasteiger partial charge < -0.3 is 14.7 Å². The Hall–Kier alpha value is -0.650. The molecular formula is C13H26N2O3. The molecule has 1 fully saturated rings. The summed E-state index contributed by atoms with van der Waals surface area (Å²) < 4.78 is 5.40. The summed E-state index contributed by atoms with van der Waals surface area (Å²) in [7, 11) is 1.95. The van der Waals surface area contributed by atoms with E-state index in [2.05, 4.69) is 13.8 Å². The van der Waals surface area contributed by atoms with Crippen LogP contribution in [-0.2, 0) is 9.53 Å². The van der Waals surface area contributed by atoms with Gasteiger partial charge in [0.2, 0.25) is 5.91 Å². The van der Waals surface area contributed by atoms with Crippen molar-refractivity contribution in [3.8, 4) is 0 Å². The molecule has 0 aromatic heterocycles. The van der Waals surface area contributed by atoms with Gasteiger partial charge in [0.05, 0.1) is 31.9 Å². The number of morpholine rings is 1. The Kier molecular flexibility index (Phi) is 6.05. The van der Waals surface area contributed by atoms with Crippen LogP contribution in [0, 0.1) is 0 Å². The highest BCUT2D eigenvalue weighted by Crippen LogP contribution is 2.13. The molecule has 1 aliphatic heterocycles. The number of nitrogens with zero attached hydrogens (tertiary/aromatic N) is 2. The van der Waals surface area contributed by atoms with E-state index in [-0.39, 0.29) is 11.9 Å². The number of ether oxygens (including phenoxy) is 1. The van der Waals surface area contributed by atoms with E-state index in [1.165, 1.54) is 0 Å². The molecule has 2 atom stereocenters. The average molecular weight is 258 g/mol. The normalized spacial score (nSPS) is 22.6. The van der Waals surface area contributed by atoms with Crippen LogP contribution in [0.15, 0.2) is 0 Å². The standard InChI is InChI=1S/C13H26N2O3/c1-10(2)14(4)8-13(17)15-5-6-18-9-12(15)7-11(3)16/h10-12,16H,5-9H2,1-4H3. The Morgan fingerprint density at radius 1 is 1.50 bits per heavy atom. The van der Waals surface area contributed by atoms with Gasteiger partial charge in [-0.25, -0.2) is 0 Å². The molecule has 0 spiro atoms. The second-order valence-electron chi connectivity index (χ2n) is 5.41. The lowest BCUT2D eigenvalue weighted by Gasteiger charge is -2.37. The Balaban J connectivity index is 2.57. The Bertz CT molecular complexity index is 269. The van der Waals surface area contributed by atoms with Gasteiger partial charge in [0.15, 0.2) is 0 Å². The quantitative estimate of drug-likeness (QED) is 0.772. The lowest BCUT2D eigenvalue weighted by Crippen LogP contribution is -2.52. The molecule has 106 valence electrons. The predicted molar refractivity (Wildman–Crippen MR) is 70.4 cm³/mol. The molecule has 1 saturated heterocycles. The Morgan fingerprint density at radius 3 is 2.72 bits per heavy atom. The fraction of sp³-hybridized carbons (Fsp3) is 0.923.